The van der Waals surface area contributed by atoms with E-state index in [0.29, 0.717) is 12.8 Å². The van der Waals surface area contributed by atoms with E-state index in [-0.39, 0.29) is 23.8 Å². The van der Waals surface area contributed by atoms with Crippen molar-refractivity contribution in [1.29, 1.82) is 0 Å². The first-order chi connectivity index (χ1) is 6.45. The summed E-state index contributed by atoms with van der Waals surface area (Å²) in [7, 11) is 0. The molecular formula is C11H21NO2. The van der Waals surface area contributed by atoms with Gasteiger partial charge >= 0.3 is 0 Å². The van der Waals surface area contributed by atoms with Crippen molar-refractivity contribution in [1.82, 2.24) is 4.90 Å². The van der Waals surface area contributed by atoms with Gasteiger partial charge in [0.05, 0.1) is 6.04 Å². The number of amides is 1. The molecule has 0 bridgehead atoms. The fraction of sp³-hybridized carbons (Fsp3) is 0.818. The van der Waals surface area contributed by atoms with E-state index in [2.05, 4.69) is 0 Å². The molecule has 0 saturated carbocycles. The van der Waals surface area contributed by atoms with Crippen molar-refractivity contribution < 1.29 is 9.59 Å². The third-order valence-electron chi connectivity index (χ3n) is 2.34. The number of carbonyl (C=O) groups is 2. The van der Waals surface area contributed by atoms with E-state index in [4.69, 9.17) is 0 Å². The first-order valence-corrected chi connectivity index (χ1v) is 5.27. The summed E-state index contributed by atoms with van der Waals surface area (Å²) in [6.45, 7) is 9.19. The maximum atomic E-state index is 11.6. The lowest BCUT2D eigenvalue weighted by molar-refractivity contribution is -0.140. The summed E-state index contributed by atoms with van der Waals surface area (Å²) >= 11 is 0. The number of Topliss-reactive ketones (excluding diaryl/α,β-unsaturated/α-hetero) is 1. The van der Waals surface area contributed by atoms with E-state index in [0.717, 1.165) is 0 Å². The highest BCUT2D eigenvalue weighted by atomic mass is 16.2. The van der Waals surface area contributed by atoms with Gasteiger partial charge in [0, 0.05) is 12.5 Å². The van der Waals surface area contributed by atoms with Crippen LogP contribution in [0.3, 0.4) is 0 Å². The predicted molar refractivity (Wildman–Crippen MR) is 57.0 cm³/mol. The normalized spacial score (nSPS) is 12.7. The molecule has 0 aromatic heterocycles. The van der Waals surface area contributed by atoms with Crippen molar-refractivity contribution in [3.63, 3.8) is 0 Å². The minimum Gasteiger partial charge on any atom is -0.330 e. The molecule has 0 fully saturated rings. The summed E-state index contributed by atoms with van der Waals surface area (Å²) in [4.78, 5) is 24.7. The van der Waals surface area contributed by atoms with Crippen LogP contribution in [0.5, 0.6) is 0 Å². The number of rotatable bonds is 5. The Balaban J connectivity index is 4.78. The van der Waals surface area contributed by atoms with Gasteiger partial charge in [-0.15, -0.1) is 0 Å². The van der Waals surface area contributed by atoms with Crippen LogP contribution >= 0.6 is 0 Å². The Morgan fingerprint density at radius 2 is 1.71 bits per heavy atom. The van der Waals surface area contributed by atoms with Crippen molar-refractivity contribution in [2.75, 3.05) is 0 Å². The van der Waals surface area contributed by atoms with Gasteiger partial charge in [0.15, 0.2) is 5.78 Å². The van der Waals surface area contributed by atoms with Gasteiger partial charge in [-0.25, -0.2) is 0 Å². The van der Waals surface area contributed by atoms with Gasteiger partial charge in [-0.05, 0) is 27.2 Å². The van der Waals surface area contributed by atoms with Crippen molar-refractivity contribution in [2.45, 2.75) is 59.5 Å². The third kappa shape index (κ3) is 3.13. The van der Waals surface area contributed by atoms with Crippen LogP contribution in [0, 0.1) is 0 Å². The quantitative estimate of drug-likeness (QED) is 0.679. The molecule has 3 nitrogen and oxygen atoms in total. The van der Waals surface area contributed by atoms with Gasteiger partial charge < -0.3 is 4.90 Å². The number of carbonyl (C=O) groups excluding carboxylic acids is 2. The molecule has 0 aromatic carbocycles. The molecule has 14 heavy (non-hydrogen) atoms. The highest BCUT2D eigenvalue weighted by Crippen LogP contribution is 2.12. The lowest BCUT2D eigenvalue weighted by Crippen LogP contribution is -2.47. The van der Waals surface area contributed by atoms with Crippen LogP contribution in [0.4, 0.5) is 0 Å². The summed E-state index contributed by atoms with van der Waals surface area (Å²) in [6, 6.07) is -0.154. The van der Waals surface area contributed by atoms with Gasteiger partial charge in [-0.1, -0.05) is 13.8 Å². The van der Waals surface area contributed by atoms with Crippen LogP contribution in [0.2, 0.25) is 0 Å². The lowest BCUT2D eigenvalue weighted by atomic mass is 10.1. The Labute approximate surface area is 86.5 Å². The molecular weight excluding hydrogens is 178 g/mol. The molecule has 0 aliphatic carbocycles. The monoisotopic (exact) mass is 199 g/mol. The number of ketones is 1. The maximum absolute atomic E-state index is 11.6. The lowest BCUT2D eigenvalue weighted by Gasteiger charge is -2.32. The Morgan fingerprint density at radius 3 is 1.93 bits per heavy atom. The molecule has 0 rings (SSSR count). The molecule has 1 atom stereocenters. The molecule has 3 heteroatoms. The third-order valence-corrected chi connectivity index (χ3v) is 2.34. The van der Waals surface area contributed by atoms with Crippen molar-refractivity contribution >= 4 is 11.7 Å². The second-order valence-corrected chi connectivity index (χ2v) is 3.78. The standard InChI is InChI=1S/C11H21NO2/c1-6-10(9(5)13)12(8(3)4)11(14)7-2/h8,10H,6-7H2,1-5H3. The van der Waals surface area contributed by atoms with E-state index >= 15 is 0 Å². The molecule has 1 unspecified atom stereocenters. The van der Waals surface area contributed by atoms with E-state index in [1.807, 2.05) is 27.7 Å². The highest BCUT2D eigenvalue weighted by molar-refractivity contribution is 5.87. The van der Waals surface area contributed by atoms with Crippen molar-refractivity contribution in [3.05, 3.63) is 0 Å². The summed E-state index contributed by atoms with van der Waals surface area (Å²) in [5.74, 6) is 0.130. The SMILES string of the molecule is CCC(=O)N(C(C)C)C(CC)C(C)=O. The smallest absolute Gasteiger partial charge is 0.223 e. The van der Waals surface area contributed by atoms with Crippen molar-refractivity contribution in [3.8, 4) is 0 Å². The molecule has 0 aromatic rings. The van der Waals surface area contributed by atoms with Crippen molar-refractivity contribution in [2.24, 2.45) is 0 Å². The average Bonchev–Trinajstić information content (AvgIpc) is 2.11. The number of hydrogen-bond acceptors (Lipinski definition) is 2. The van der Waals surface area contributed by atoms with Gasteiger partial charge in [0.25, 0.3) is 0 Å². The summed E-state index contributed by atoms with van der Waals surface area (Å²) in [5, 5.41) is 0. The zero-order valence-corrected chi connectivity index (χ0v) is 9.83. The zero-order chi connectivity index (χ0) is 11.3. The molecule has 82 valence electrons. The molecule has 0 spiro atoms. The second-order valence-electron chi connectivity index (χ2n) is 3.78. The number of nitrogens with zero attached hydrogens (tertiary/aromatic N) is 1. The molecule has 0 radical (unpaired) electrons. The molecule has 0 saturated heterocycles. The Bertz CT molecular complexity index is 211. The van der Waals surface area contributed by atoms with Gasteiger partial charge in [0.1, 0.15) is 0 Å². The van der Waals surface area contributed by atoms with Gasteiger partial charge in [-0.2, -0.15) is 0 Å². The summed E-state index contributed by atoms with van der Waals surface area (Å²) in [6.07, 6.45) is 1.15. The Morgan fingerprint density at radius 1 is 1.21 bits per heavy atom. The molecule has 1 amide bonds. The first-order valence-electron chi connectivity index (χ1n) is 5.27. The zero-order valence-electron chi connectivity index (χ0n) is 9.83. The van der Waals surface area contributed by atoms with E-state index in [1.165, 1.54) is 0 Å². The number of hydrogen-bond donors (Lipinski definition) is 0. The largest absolute Gasteiger partial charge is 0.330 e. The minimum absolute atomic E-state index is 0.0575. The summed E-state index contributed by atoms with van der Waals surface area (Å²) < 4.78 is 0. The minimum atomic E-state index is -0.248. The van der Waals surface area contributed by atoms with Crippen LogP contribution in [-0.2, 0) is 9.59 Å². The van der Waals surface area contributed by atoms with Crippen LogP contribution in [0.15, 0.2) is 0 Å². The van der Waals surface area contributed by atoms with Crippen LogP contribution in [-0.4, -0.2) is 28.7 Å². The maximum Gasteiger partial charge on any atom is 0.223 e. The average molecular weight is 199 g/mol. The van der Waals surface area contributed by atoms with Crippen LogP contribution in [0.1, 0.15) is 47.5 Å². The first kappa shape index (κ1) is 13.1. The van der Waals surface area contributed by atoms with E-state index in [1.54, 1.807) is 11.8 Å². The highest BCUT2D eigenvalue weighted by Gasteiger charge is 2.26. The van der Waals surface area contributed by atoms with Gasteiger partial charge in [-0.3, -0.25) is 9.59 Å². The Hall–Kier alpha value is -0.860. The van der Waals surface area contributed by atoms with E-state index < -0.39 is 0 Å². The topological polar surface area (TPSA) is 37.4 Å². The van der Waals surface area contributed by atoms with Crippen LogP contribution in [0.25, 0.3) is 0 Å². The molecule has 0 N–H and O–H groups in total. The van der Waals surface area contributed by atoms with Crippen LogP contribution < -0.4 is 0 Å². The fourth-order valence-electron chi connectivity index (χ4n) is 1.68. The molecule has 0 heterocycles. The van der Waals surface area contributed by atoms with E-state index in [9.17, 15) is 9.59 Å². The second kappa shape index (κ2) is 5.78. The fourth-order valence-corrected chi connectivity index (χ4v) is 1.68. The molecule has 0 aliphatic heterocycles. The molecule has 0 aliphatic rings. The Kier molecular flexibility index (Phi) is 5.43. The summed E-state index contributed by atoms with van der Waals surface area (Å²) in [5.41, 5.74) is 0. The predicted octanol–water partition coefficient (Wildman–Crippen LogP) is 2.00. The van der Waals surface area contributed by atoms with Gasteiger partial charge in [0.2, 0.25) is 5.91 Å².